The summed E-state index contributed by atoms with van der Waals surface area (Å²) in [6.45, 7) is 0.811. The van der Waals surface area contributed by atoms with Crippen LogP contribution in [-0.2, 0) is 0 Å². The van der Waals surface area contributed by atoms with Gasteiger partial charge in [-0.1, -0.05) is 6.07 Å². The molecular weight excluding hydrogens is 183 g/mol. The Hall–Kier alpha value is -1.09. The predicted molar refractivity (Wildman–Crippen MR) is 50.6 cm³/mol. The second-order valence-electron chi connectivity index (χ2n) is 3.71. The van der Waals surface area contributed by atoms with E-state index in [0.717, 1.165) is 6.42 Å². The van der Waals surface area contributed by atoms with Crippen molar-refractivity contribution in [2.45, 2.75) is 6.42 Å². The monoisotopic (exact) mass is 196 g/mol. The molecule has 1 saturated carbocycles. The summed E-state index contributed by atoms with van der Waals surface area (Å²) in [7, 11) is 0. The van der Waals surface area contributed by atoms with Crippen LogP contribution >= 0.6 is 0 Å². The third kappa shape index (κ3) is 2.23. The minimum atomic E-state index is -0.281. The van der Waals surface area contributed by atoms with Crippen LogP contribution in [0.2, 0.25) is 0 Å². The van der Waals surface area contributed by atoms with Crippen LogP contribution in [0.15, 0.2) is 24.3 Å². The predicted octanol–water partition coefficient (Wildman–Crippen LogP) is 1.83. The average Bonchev–Trinajstić information content (AvgIpc) is 2.93. The quantitative estimate of drug-likeness (QED) is 0.796. The van der Waals surface area contributed by atoms with Crippen LogP contribution in [-0.4, -0.2) is 18.3 Å². The van der Waals surface area contributed by atoms with Gasteiger partial charge in [0, 0.05) is 12.7 Å². The van der Waals surface area contributed by atoms with E-state index in [4.69, 9.17) is 9.84 Å². The molecule has 0 bridgehead atoms. The molecule has 2 rings (SSSR count). The second kappa shape index (κ2) is 3.96. The molecule has 0 heterocycles. The molecule has 1 fully saturated rings. The Balaban J connectivity index is 1.81. The van der Waals surface area contributed by atoms with Gasteiger partial charge in [-0.3, -0.25) is 0 Å². The molecule has 1 N–H and O–H groups in total. The molecule has 0 radical (unpaired) electrons. The SMILES string of the molecule is OCC1CC1COc1cccc(F)c1. The van der Waals surface area contributed by atoms with Crippen LogP contribution in [0.3, 0.4) is 0 Å². The summed E-state index contributed by atoms with van der Waals surface area (Å²) in [5.41, 5.74) is 0. The second-order valence-corrected chi connectivity index (χ2v) is 3.71. The maximum absolute atomic E-state index is 12.7. The lowest BCUT2D eigenvalue weighted by Gasteiger charge is -2.04. The summed E-state index contributed by atoms with van der Waals surface area (Å²) in [6, 6.07) is 6.12. The molecule has 1 aliphatic rings. The molecule has 1 aliphatic carbocycles. The molecule has 1 aromatic rings. The minimum absolute atomic E-state index is 0.233. The normalized spacial score (nSPS) is 24.7. The van der Waals surface area contributed by atoms with E-state index in [1.807, 2.05) is 0 Å². The number of rotatable bonds is 4. The molecule has 0 spiro atoms. The van der Waals surface area contributed by atoms with Crippen LogP contribution < -0.4 is 4.74 Å². The highest BCUT2D eigenvalue weighted by atomic mass is 19.1. The number of hydrogen-bond donors (Lipinski definition) is 1. The summed E-state index contributed by atoms with van der Waals surface area (Å²) in [4.78, 5) is 0. The zero-order valence-corrected chi connectivity index (χ0v) is 7.82. The van der Waals surface area contributed by atoms with Crippen molar-refractivity contribution < 1.29 is 14.2 Å². The van der Waals surface area contributed by atoms with E-state index in [-0.39, 0.29) is 12.4 Å². The molecule has 3 heteroatoms. The fourth-order valence-corrected chi connectivity index (χ4v) is 1.50. The fraction of sp³-hybridized carbons (Fsp3) is 0.455. The number of ether oxygens (including phenoxy) is 1. The average molecular weight is 196 g/mol. The first-order chi connectivity index (χ1) is 6.79. The zero-order chi connectivity index (χ0) is 9.97. The van der Waals surface area contributed by atoms with Crippen molar-refractivity contribution in [1.82, 2.24) is 0 Å². The largest absolute Gasteiger partial charge is 0.493 e. The number of halogens is 1. The zero-order valence-electron chi connectivity index (χ0n) is 7.82. The molecule has 0 aliphatic heterocycles. The van der Waals surface area contributed by atoms with Crippen LogP contribution in [0.25, 0.3) is 0 Å². The highest BCUT2D eigenvalue weighted by molar-refractivity contribution is 5.22. The summed E-state index contributed by atoms with van der Waals surface area (Å²) in [5.74, 6) is 1.12. The highest BCUT2D eigenvalue weighted by Gasteiger charge is 2.36. The van der Waals surface area contributed by atoms with Gasteiger partial charge >= 0.3 is 0 Å². The van der Waals surface area contributed by atoms with Gasteiger partial charge < -0.3 is 9.84 Å². The summed E-state index contributed by atoms with van der Waals surface area (Å²) in [5, 5.41) is 8.80. The van der Waals surface area contributed by atoms with Gasteiger partial charge in [0.15, 0.2) is 0 Å². The lowest BCUT2D eigenvalue weighted by Crippen LogP contribution is -2.02. The molecule has 1 aromatic carbocycles. The van der Waals surface area contributed by atoms with Crippen LogP contribution in [0, 0.1) is 17.7 Å². The highest BCUT2D eigenvalue weighted by Crippen LogP contribution is 2.38. The van der Waals surface area contributed by atoms with E-state index in [1.165, 1.54) is 12.1 Å². The van der Waals surface area contributed by atoms with Crippen molar-refractivity contribution in [1.29, 1.82) is 0 Å². The van der Waals surface area contributed by atoms with E-state index in [2.05, 4.69) is 0 Å². The van der Waals surface area contributed by atoms with Crippen molar-refractivity contribution >= 4 is 0 Å². The lowest BCUT2D eigenvalue weighted by atomic mass is 10.3. The van der Waals surface area contributed by atoms with Crippen LogP contribution in [0.5, 0.6) is 5.75 Å². The van der Waals surface area contributed by atoms with Crippen molar-refractivity contribution in [3.05, 3.63) is 30.1 Å². The number of hydrogen-bond acceptors (Lipinski definition) is 2. The smallest absolute Gasteiger partial charge is 0.126 e. The van der Waals surface area contributed by atoms with E-state index < -0.39 is 0 Å². The molecule has 2 nitrogen and oxygen atoms in total. The molecule has 0 amide bonds. The Kier molecular flexibility index (Phi) is 2.68. The first-order valence-corrected chi connectivity index (χ1v) is 4.79. The Morgan fingerprint density at radius 2 is 2.29 bits per heavy atom. The summed E-state index contributed by atoms with van der Waals surface area (Å²) in [6.07, 6.45) is 1.02. The summed E-state index contributed by atoms with van der Waals surface area (Å²) < 4.78 is 18.1. The Morgan fingerprint density at radius 3 is 2.93 bits per heavy atom. The van der Waals surface area contributed by atoms with Crippen molar-refractivity contribution in [2.24, 2.45) is 11.8 Å². The molecule has 2 atom stereocenters. The minimum Gasteiger partial charge on any atom is -0.493 e. The molecule has 2 unspecified atom stereocenters. The van der Waals surface area contributed by atoms with E-state index >= 15 is 0 Å². The number of aliphatic hydroxyl groups is 1. The Labute approximate surface area is 82.3 Å². The maximum atomic E-state index is 12.7. The Bertz CT molecular complexity index is 314. The van der Waals surface area contributed by atoms with Crippen molar-refractivity contribution in [3.8, 4) is 5.75 Å². The van der Waals surface area contributed by atoms with Gasteiger partial charge in [-0.05, 0) is 30.4 Å². The maximum Gasteiger partial charge on any atom is 0.126 e. The van der Waals surface area contributed by atoms with Gasteiger partial charge in [-0.2, -0.15) is 0 Å². The number of benzene rings is 1. The van der Waals surface area contributed by atoms with Gasteiger partial charge in [0.1, 0.15) is 11.6 Å². The number of aliphatic hydroxyl groups excluding tert-OH is 1. The van der Waals surface area contributed by atoms with Gasteiger partial charge in [0.25, 0.3) is 0 Å². The molecule has 0 aromatic heterocycles. The van der Waals surface area contributed by atoms with E-state index in [9.17, 15) is 4.39 Å². The molecule has 76 valence electrons. The van der Waals surface area contributed by atoms with Gasteiger partial charge in [0.05, 0.1) is 6.61 Å². The third-order valence-corrected chi connectivity index (χ3v) is 2.56. The molecular formula is C11H13FO2. The lowest BCUT2D eigenvalue weighted by molar-refractivity contribution is 0.242. The van der Waals surface area contributed by atoms with E-state index in [1.54, 1.807) is 12.1 Å². The van der Waals surface area contributed by atoms with Gasteiger partial charge in [-0.25, -0.2) is 4.39 Å². The van der Waals surface area contributed by atoms with Gasteiger partial charge in [0.2, 0.25) is 0 Å². The Morgan fingerprint density at radius 1 is 1.43 bits per heavy atom. The first kappa shape index (κ1) is 9.46. The topological polar surface area (TPSA) is 29.5 Å². The van der Waals surface area contributed by atoms with Crippen molar-refractivity contribution in [3.63, 3.8) is 0 Å². The first-order valence-electron chi connectivity index (χ1n) is 4.79. The standard InChI is InChI=1S/C11H13FO2/c12-10-2-1-3-11(5-10)14-7-9-4-8(9)6-13/h1-3,5,8-9,13H,4,6-7H2. The van der Waals surface area contributed by atoms with E-state index in [0.29, 0.717) is 24.2 Å². The molecule has 0 saturated heterocycles. The summed E-state index contributed by atoms with van der Waals surface area (Å²) >= 11 is 0. The molecule has 14 heavy (non-hydrogen) atoms. The fourth-order valence-electron chi connectivity index (χ4n) is 1.50. The third-order valence-electron chi connectivity index (χ3n) is 2.56. The van der Waals surface area contributed by atoms with Crippen molar-refractivity contribution in [2.75, 3.05) is 13.2 Å². The van der Waals surface area contributed by atoms with Crippen LogP contribution in [0.1, 0.15) is 6.42 Å². The van der Waals surface area contributed by atoms with Gasteiger partial charge in [-0.15, -0.1) is 0 Å². The van der Waals surface area contributed by atoms with Crippen LogP contribution in [0.4, 0.5) is 4.39 Å².